The second-order valence-electron chi connectivity index (χ2n) is 7.03. The van der Waals surface area contributed by atoms with Gasteiger partial charge in [0.1, 0.15) is 17.9 Å². The topological polar surface area (TPSA) is 77.1 Å². The van der Waals surface area contributed by atoms with Crippen LogP contribution in [0.1, 0.15) is 18.9 Å². The monoisotopic (exact) mass is 416 g/mol. The van der Waals surface area contributed by atoms with Gasteiger partial charge >= 0.3 is 6.03 Å². The van der Waals surface area contributed by atoms with Crippen LogP contribution in [0.15, 0.2) is 42.5 Å². The summed E-state index contributed by atoms with van der Waals surface area (Å²) < 4.78 is 17.0. The van der Waals surface area contributed by atoms with Crippen LogP contribution in [0.4, 0.5) is 4.79 Å². The molecule has 0 aliphatic carbocycles. The van der Waals surface area contributed by atoms with Gasteiger partial charge in [0.05, 0.1) is 19.8 Å². The highest BCUT2D eigenvalue weighted by Gasteiger charge is 2.49. The van der Waals surface area contributed by atoms with Crippen LogP contribution in [0.2, 0.25) is 5.02 Å². The molecule has 152 valence electrons. The van der Waals surface area contributed by atoms with Crippen molar-refractivity contribution in [2.45, 2.75) is 18.9 Å². The third kappa shape index (κ3) is 3.82. The minimum atomic E-state index is -1.18. The first kappa shape index (κ1) is 19.4. The van der Waals surface area contributed by atoms with E-state index in [1.54, 1.807) is 49.4 Å². The first-order chi connectivity index (χ1) is 14.0. The number of ether oxygens (including phenoxy) is 3. The Morgan fingerprint density at radius 3 is 2.59 bits per heavy atom. The van der Waals surface area contributed by atoms with Crippen molar-refractivity contribution in [2.24, 2.45) is 0 Å². The molecule has 7 nitrogen and oxygen atoms in total. The van der Waals surface area contributed by atoms with E-state index in [1.807, 2.05) is 0 Å². The Balaban J connectivity index is 1.46. The van der Waals surface area contributed by atoms with E-state index < -0.39 is 11.6 Å². The molecule has 3 amide bonds. The Bertz CT molecular complexity index is 933. The van der Waals surface area contributed by atoms with Crippen molar-refractivity contribution in [3.8, 4) is 17.2 Å². The van der Waals surface area contributed by atoms with Crippen LogP contribution in [-0.4, -0.2) is 43.2 Å². The molecule has 1 fully saturated rings. The molecule has 0 aromatic heterocycles. The third-order valence-electron chi connectivity index (χ3n) is 5.00. The van der Waals surface area contributed by atoms with Gasteiger partial charge in [-0.1, -0.05) is 17.7 Å². The molecule has 2 aromatic carbocycles. The lowest BCUT2D eigenvalue weighted by Crippen LogP contribution is -2.41. The predicted octanol–water partition coefficient (Wildman–Crippen LogP) is 3.35. The van der Waals surface area contributed by atoms with Gasteiger partial charge in [0.2, 0.25) is 0 Å². The number of hydrogen-bond donors (Lipinski definition) is 1. The van der Waals surface area contributed by atoms with Crippen LogP contribution in [0.25, 0.3) is 0 Å². The van der Waals surface area contributed by atoms with Gasteiger partial charge in [0.15, 0.2) is 11.5 Å². The van der Waals surface area contributed by atoms with Crippen LogP contribution >= 0.6 is 11.6 Å². The Hall–Kier alpha value is -2.93. The number of rotatable bonds is 5. The molecular weight excluding hydrogens is 396 g/mol. The molecule has 0 saturated carbocycles. The van der Waals surface area contributed by atoms with Gasteiger partial charge in [0.25, 0.3) is 5.91 Å². The van der Waals surface area contributed by atoms with Gasteiger partial charge in [-0.25, -0.2) is 4.79 Å². The highest BCUT2D eigenvalue weighted by atomic mass is 35.5. The second kappa shape index (κ2) is 7.83. The number of nitrogens with zero attached hydrogens (tertiary/aromatic N) is 1. The Morgan fingerprint density at radius 1 is 1.10 bits per heavy atom. The number of benzene rings is 2. The molecule has 29 heavy (non-hydrogen) atoms. The Morgan fingerprint density at radius 2 is 1.83 bits per heavy atom. The van der Waals surface area contributed by atoms with Gasteiger partial charge in [-0.15, -0.1) is 0 Å². The van der Waals surface area contributed by atoms with Crippen molar-refractivity contribution >= 4 is 23.5 Å². The molecule has 0 spiro atoms. The molecule has 2 aromatic rings. The van der Waals surface area contributed by atoms with Crippen molar-refractivity contribution in [1.82, 2.24) is 10.2 Å². The number of halogens is 1. The quantitative estimate of drug-likeness (QED) is 0.756. The Labute approximate surface area is 173 Å². The molecule has 2 aliphatic rings. The van der Waals surface area contributed by atoms with Gasteiger partial charge in [-0.3, -0.25) is 9.69 Å². The zero-order valence-electron chi connectivity index (χ0n) is 15.9. The summed E-state index contributed by atoms with van der Waals surface area (Å²) in [7, 11) is 0. The minimum Gasteiger partial charge on any atom is -0.492 e. The fourth-order valence-electron chi connectivity index (χ4n) is 3.36. The summed E-state index contributed by atoms with van der Waals surface area (Å²) in [5.41, 5.74) is -0.539. The van der Waals surface area contributed by atoms with Crippen LogP contribution in [0, 0.1) is 0 Å². The molecule has 1 N–H and O–H groups in total. The highest BCUT2D eigenvalue weighted by molar-refractivity contribution is 6.30. The van der Waals surface area contributed by atoms with E-state index >= 15 is 0 Å². The maximum absolute atomic E-state index is 13.1. The number of amides is 3. The summed E-state index contributed by atoms with van der Waals surface area (Å²) in [6.45, 7) is 3.13. The van der Waals surface area contributed by atoms with Crippen molar-refractivity contribution in [3.05, 3.63) is 53.1 Å². The third-order valence-corrected chi connectivity index (χ3v) is 5.25. The maximum Gasteiger partial charge on any atom is 0.325 e. The van der Waals surface area contributed by atoms with E-state index in [4.69, 9.17) is 25.8 Å². The summed E-state index contributed by atoms with van der Waals surface area (Å²) in [5, 5.41) is 3.40. The molecule has 2 heterocycles. The fourth-order valence-corrected chi connectivity index (χ4v) is 3.48. The SMILES string of the molecule is C[C@]1(c2ccc3c(c2)OCCCO3)NC(=O)N(CCOc2ccc(Cl)cc2)C1=O. The second-order valence-corrected chi connectivity index (χ2v) is 7.46. The van der Waals surface area contributed by atoms with Crippen LogP contribution < -0.4 is 19.5 Å². The normalized spacial score (nSPS) is 21.0. The van der Waals surface area contributed by atoms with Crippen LogP contribution in [0.5, 0.6) is 17.2 Å². The standard InChI is InChI=1S/C21H21ClN2O5/c1-21(14-3-8-17-18(13-14)29-11-2-10-28-17)19(25)24(20(26)23-21)9-12-27-16-6-4-15(22)5-7-16/h3-8,13H,2,9-12H2,1H3,(H,23,26)/t21-/m1/s1. The molecule has 4 rings (SSSR count). The summed E-state index contributed by atoms with van der Waals surface area (Å²) in [4.78, 5) is 26.7. The number of imide groups is 1. The van der Waals surface area contributed by atoms with E-state index in [9.17, 15) is 9.59 Å². The van der Waals surface area contributed by atoms with Gasteiger partial charge in [-0.2, -0.15) is 0 Å². The molecule has 1 saturated heterocycles. The number of carbonyl (C=O) groups excluding carboxylic acids is 2. The summed E-state index contributed by atoms with van der Waals surface area (Å²) >= 11 is 5.85. The minimum absolute atomic E-state index is 0.132. The number of nitrogens with one attached hydrogen (secondary N) is 1. The summed E-state index contributed by atoms with van der Waals surface area (Å²) in [6, 6.07) is 11.7. The van der Waals surface area contributed by atoms with Crippen molar-refractivity contribution in [3.63, 3.8) is 0 Å². The number of hydrogen-bond acceptors (Lipinski definition) is 5. The van der Waals surface area contributed by atoms with E-state index in [0.717, 1.165) is 6.42 Å². The molecular formula is C21H21ClN2O5. The van der Waals surface area contributed by atoms with Crippen molar-refractivity contribution in [1.29, 1.82) is 0 Å². The van der Waals surface area contributed by atoms with Gasteiger partial charge < -0.3 is 19.5 Å². The lowest BCUT2D eigenvalue weighted by Gasteiger charge is -2.23. The molecule has 0 unspecified atom stereocenters. The molecule has 0 radical (unpaired) electrons. The van der Waals surface area contributed by atoms with Crippen LogP contribution in [-0.2, 0) is 10.3 Å². The number of fused-ring (bicyclic) bond motifs is 1. The van der Waals surface area contributed by atoms with E-state index in [0.29, 0.717) is 41.0 Å². The molecule has 2 aliphatic heterocycles. The molecule has 0 bridgehead atoms. The lowest BCUT2D eigenvalue weighted by atomic mass is 9.91. The van der Waals surface area contributed by atoms with Crippen molar-refractivity contribution < 1.29 is 23.8 Å². The van der Waals surface area contributed by atoms with E-state index in [2.05, 4.69) is 5.32 Å². The molecule has 1 atom stereocenters. The summed E-state index contributed by atoms with van der Waals surface area (Å²) in [5.74, 6) is 1.50. The lowest BCUT2D eigenvalue weighted by molar-refractivity contribution is -0.131. The fraction of sp³-hybridized carbons (Fsp3) is 0.333. The summed E-state index contributed by atoms with van der Waals surface area (Å²) in [6.07, 6.45) is 0.790. The zero-order chi connectivity index (χ0) is 20.4. The average Bonchev–Trinajstić information content (AvgIpc) is 2.87. The first-order valence-electron chi connectivity index (χ1n) is 9.40. The smallest absolute Gasteiger partial charge is 0.325 e. The van der Waals surface area contributed by atoms with E-state index in [1.165, 1.54) is 4.90 Å². The number of carbonyl (C=O) groups is 2. The Kier molecular flexibility index (Phi) is 5.24. The van der Waals surface area contributed by atoms with Crippen molar-refractivity contribution in [2.75, 3.05) is 26.4 Å². The average molecular weight is 417 g/mol. The zero-order valence-corrected chi connectivity index (χ0v) is 16.7. The highest BCUT2D eigenvalue weighted by Crippen LogP contribution is 2.36. The molecule has 8 heteroatoms. The van der Waals surface area contributed by atoms with E-state index in [-0.39, 0.29) is 19.1 Å². The van der Waals surface area contributed by atoms with Crippen LogP contribution in [0.3, 0.4) is 0 Å². The largest absolute Gasteiger partial charge is 0.492 e. The van der Waals surface area contributed by atoms with Gasteiger partial charge in [-0.05, 0) is 48.9 Å². The van der Waals surface area contributed by atoms with Gasteiger partial charge in [0, 0.05) is 11.4 Å². The number of urea groups is 1. The maximum atomic E-state index is 13.1. The first-order valence-corrected chi connectivity index (χ1v) is 9.78. The predicted molar refractivity (Wildman–Crippen MR) is 107 cm³/mol.